The molecule has 3 rings (SSSR count). The van der Waals surface area contributed by atoms with E-state index in [1.54, 1.807) is 26.8 Å². The molecule has 1 aliphatic heterocycles. The van der Waals surface area contributed by atoms with Gasteiger partial charge in [0, 0.05) is 12.0 Å². The molecule has 2 fully saturated rings. The van der Waals surface area contributed by atoms with Crippen molar-refractivity contribution in [1.29, 1.82) is 0 Å². The molecule has 0 N–H and O–H groups in total. The van der Waals surface area contributed by atoms with Gasteiger partial charge >= 0.3 is 12.1 Å². The van der Waals surface area contributed by atoms with Gasteiger partial charge < -0.3 is 9.47 Å². The van der Waals surface area contributed by atoms with Crippen LogP contribution >= 0.6 is 0 Å². The number of imide groups is 1. The van der Waals surface area contributed by atoms with Crippen LogP contribution in [0.3, 0.4) is 0 Å². The van der Waals surface area contributed by atoms with E-state index in [1.807, 2.05) is 12.2 Å². The summed E-state index contributed by atoms with van der Waals surface area (Å²) < 4.78 is 10.7. The minimum atomic E-state index is -0.649. The lowest BCUT2D eigenvalue weighted by Crippen LogP contribution is -2.40. The summed E-state index contributed by atoms with van der Waals surface area (Å²) in [5.41, 5.74) is -0.519. The smallest absolute Gasteiger partial charge is 0.417 e. The van der Waals surface area contributed by atoms with Crippen LogP contribution in [0.1, 0.15) is 40.0 Å². The van der Waals surface area contributed by atoms with Gasteiger partial charge in [-0.15, -0.1) is 0 Å². The lowest BCUT2D eigenvalue weighted by Gasteiger charge is -2.25. The van der Waals surface area contributed by atoms with Crippen LogP contribution in [0.25, 0.3) is 0 Å². The van der Waals surface area contributed by atoms with Crippen molar-refractivity contribution in [1.82, 2.24) is 4.90 Å². The molecule has 0 bridgehead atoms. The fourth-order valence-electron chi connectivity index (χ4n) is 3.19. The number of allylic oxidation sites excluding steroid dienone is 2. The molecule has 1 saturated carbocycles. The molecule has 6 nitrogen and oxygen atoms in total. The van der Waals surface area contributed by atoms with Crippen LogP contribution in [0.4, 0.5) is 4.79 Å². The summed E-state index contributed by atoms with van der Waals surface area (Å²) in [6.07, 6.45) is 7.37. The molecule has 0 spiro atoms. The highest BCUT2D eigenvalue weighted by molar-refractivity contribution is 5.98. The molecule has 0 aromatic carbocycles. The maximum absolute atomic E-state index is 12.3. The summed E-state index contributed by atoms with van der Waals surface area (Å²) >= 11 is 0. The molecule has 3 aliphatic rings. The van der Waals surface area contributed by atoms with Crippen molar-refractivity contribution in [3.05, 3.63) is 23.8 Å². The molecule has 0 aromatic heterocycles. The van der Waals surface area contributed by atoms with Crippen molar-refractivity contribution in [2.75, 3.05) is 13.2 Å². The molecule has 0 radical (unpaired) electrons. The van der Waals surface area contributed by atoms with E-state index in [2.05, 4.69) is 0 Å². The van der Waals surface area contributed by atoms with E-state index < -0.39 is 17.1 Å². The van der Waals surface area contributed by atoms with Crippen LogP contribution in [0, 0.1) is 11.3 Å². The van der Waals surface area contributed by atoms with Crippen molar-refractivity contribution in [2.24, 2.45) is 11.3 Å². The minimum absolute atomic E-state index is 0.159. The minimum Gasteiger partial charge on any atom is -0.461 e. The van der Waals surface area contributed by atoms with E-state index in [-0.39, 0.29) is 30.9 Å². The maximum Gasteiger partial charge on any atom is 0.417 e. The van der Waals surface area contributed by atoms with Crippen LogP contribution in [-0.4, -0.2) is 41.6 Å². The highest BCUT2D eigenvalue weighted by Gasteiger charge is 2.67. The Kier molecular flexibility index (Phi) is 4.01. The highest BCUT2D eigenvalue weighted by Crippen LogP contribution is 2.58. The summed E-state index contributed by atoms with van der Waals surface area (Å²) in [6, 6.07) is 0. The number of rotatable bonds is 3. The molecule has 1 unspecified atom stereocenters. The summed E-state index contributed by atoms with van der Waals surface area (Å²) in [4.78, 5) is 37.6. The molecular formula is C18H23NO5. The number of fused-ring (bicyclic) bond motifs is 1. The Morgan fingerprint density at radius 1 is 1.33 bits per heavy atom. The number of carbonyl (C=O) groups excluding carboxylic acids is 3. The molecule has 2 amide bonds. The number of likely N-dealkylation sites (tertiary alicyclic amines) is 1. The number of esters is 1. The summed E-state index contributed by atoms with van der Waals surface area (Å²) in [5.74, 6) is -0.833. The van der Waals surface area contributed by atoms with E-state index in [9.17, 15) is 14.4 Å². The Hall–Kier alpha value is -2.11. The molecular weight excluding hydrogens is 310 g/mol. The van der Waals surface area contributed by atoms with Gasteiger partial charge in [-0.25, -0.2) is 14.5 Å². The van der Waals surface area contributed by atoms with Gasteiger partial charge in [-0.3, -0.25) is 4.79 Å². The molecule has 24 heavy (non-hydrogen) atoms. The van der Waals surface area contributed by atoms with Gasteiger partial charge in [-0.2, -0.15) is 0 Å². The van der Waals surface area contributed by atoms with E-state index in [4.69, 9.17) is 9.47 Å². The highest BCUT2D eigenvalue weighted by atomic mass is 16.6. The lowest BCUT2D eigenvalue weighted by molar-refractivity contribution is -0.140. The summed E-state index contributed by atoms with van der Waals surface area (Å²) in [5, 5.41) is 0. The predicted octanol–water partition coefficient (Wildman–Crippen LogP) is 2.59. The van der Waals surface area contributed by atoms with Gasteiger partial charge in [-0.05, 0) is 40.0 Å². The molecule has 0 aromatic rings. The lowest BCUT2D eigenvalue weighted by atomic mass is 10.1. The summed E-state index contributed by atoms with van der Waals surface area (Å²) in [6.45, 7) is 5.69. The predicted molar refractivity (Wildman–Crippen MR) is 85.9 cm³/mol. The van der Waals surface area contributed by atoms with Crippen LogP contribution in [0.15, 0.2) is 23.8 Å². The molecule has 1 saturated heterocycles. The Labute approximate surface area is 141 Å². The average molecular weight is 333 g/mol. The van der Waals surface area contributed by atoms with Gasteiger partial charge in [-0.1, -0.05) is 18.2 Å². The first kappa shape index (κ1) is 16.7. The molecule has 6 heteroatoms. The van der Waals surface area contributed by atoms with Crippen LogP contribution in [0.2, 0.25) is 0 Å². The quantitative estimate of drug-likeness (QED) is 0.742. The largest absolute Gasteiger partial charge is 0.461 e. The van der Waals surface area contributed by atoms with Crippen molar-refractivity contribution >= 4 is 18.0 Å². The average Bonchev–Trinajstić information content (AvgIpc) is 3.17. The standard InChI is InChI=1S/C18H23NO5/c1-17(2,3)24-16(22)19-10-18(9-13(18)14(19)20)11-23-15(21)12-7-5-4-6-8-12/h5,7-8,13H,4,6,9-11H2,1-3H3/t13-,18?/m1/s1. The number of amides is 2. The number of ether oxygens (including phenoxy) is 2. The van der Waals surface area contributed by atoms with Crippen molar-refractivity contribution in [2.45, 2.75) is 45.6 Å². The Balaban J connectivity index is 1.57. The van der Waals surface area contributed by atoms with Gasteiger partial charge in [0.05, 0.1) is 18.1 Å². The second-order valence-corrected chi connectivity index (χ2v) is 7.74. The topological polar surface area (TPSA) is 72.9 Å². The van der Waals surface area contributed by atoms with Crippen molar-refractivity contribution in [3.8, 4) is 0 Å². The zero-order chi connectivity index (χ0) is 17.5. The first-order valence-corrected chi connectivity index (χ1v) is 8.30. The number of piperidine rings is 1. The van der Waals surface area contributed by atoms with Crippen LogP contribution in [-0.2, 0) is 19.1 Å². The number of hydrogen-bond donors (Lipinski definition) is 0. The van der Waals surface area contributed by atoms with Crippen LogP contribution < -0.4 is 0 Å². The third-order valence-electron chi connectivity index (χ3n) is 4.56. The second kappa shape index (κ2) is 5.76. The Morgan fingerprint density at radius 3 is 2.71 bits per heavy atom. The van der Waals surface area contributed by atoms with Gasteiger partial charge in [0.1, 0.15) is 5.60 Å². The second-order valence-electron chi connectivity index (χ2n) is 7.74. The van der Waals surface area contributed by atoms with Gasteiger partial charge in [0.2, 0.25) is 5.91 Å². The van der Waals surface area contributed by atoms with E-state index in [1.165, 1.54) is 0 Å². The van der Waals surface area contributed by atoms with Crippen molar-refractivity contribution < 1.29 is 23.9 Å². The Bertz CT molecular complexity index is 642. The monoisotopic (exact) mass is 333 g/mol. The van der Waals surface area contributed by atoms with E-state index in [0.29, 0.717) is 12.0 Å². The molecule has 1 heterocycles. The number of nitrogens with zero attached hydrogens (tertiary/aromatic N) is 1. The normalized spacial score (nSPS) is 28.3. The maximum atomic E-state index is 12.3. The van der Waals surface area contributed by atoms with Gasteiger partial charge in [0.25, 0.3) is 0 Å². The van der Waals surface area contributed by atoms with E-state index >= 15 is 0 Å². The number of carbonyl (C=O) groups is 3. The Morgan fingerprint density at radius 2 is 2.08 bits per heavy atom. The molecule has 2 aliphatic carbocycles. The summed E-state index contributed by atoms with van der Waals surface area (Å²) in [7, 11) is 0. The third kappa shape index (κ3) is 3.23. The third-order valence-corrected chi connectivity index (χ3v) is 4.56. The zero-order valence-corrected chi connectivity index (χ0v) is 14.3. The van der Waals surface area contributed by atoms with Gasteiger partial charge in [0.15, 0.2) is 0 Å². The SMILES string of the molecule is CC(C)(C)OC(=O)N1CC2(COC(=O)C3=CCCC=C3)C[C@@H]2C1=O. The fourth-order valence-corrected chi connectivity index (χ4v) is 3.19. The van der Waals surface area contributed by atoms with Crippen molar-refractivity contribution in [3.63, 3.8) is 0 Å². The van der Waals surface area contributed by atoms with E-state index in [0.717, 1.165) is 17.7 Å². The van der Waals surface area contributed by atoms with Crippen LogP contribution in [0.5, 0.6) is 0 Å². The molecule has 130 valence electrons. The first-order chi connectivity index (χ1) is 11.2. The molecule has 2 atom stereocenters. The fraction of sp³-hybridized carbons (Fsp3) is 0.611. The zero-order valence-electron chi connectivity index (χ0n) is 14.3. The number of hydrogen-bond acceptors (Lipinski definition) is 5. The first-order valence-electron chi connectivity index (χ1n) is 8.30.